The van der Waals surface area contributed by atoms with Gasteiger partial charge < -0.3 is 15.6 Å². The fraction of sp³-hybridized carbons (Fsp3) is 0.269. The van der Waals surface area contributed by atoms with Crippen LogP contribution in [0.5, 0.6) is 0 Å². The van der Waals surface area contributed by atoms with Crippen LogP contribution in [-0.2, 0) is 11.2 Å². The highest BCUT2D eigenvalue weighted by Gasteiger charge is 2.06. The minimum Gasteiger partial charge on any atom is -0.355 e. The van der Waals surface area contributed by atoms with Crippen LogP contribution in [0.25, 0.3) is 11.4 Å². The largest absolute Gasteiger partial charge is 0.355 e. The van der Waals surface area contributed by atoms with Crippen LogP contribution in [0.2, 0.25) is 0 Å². The van der Waals surface area contributed by atoms with Crippen molar-refractivity contribution in [2.24, 2.45) is 0 Å². The van der Waals surface area contributed by atoms with Gasteiger partial charge >= 0.3 is 0 Å². The maximum Gasteiger partial charge on any atom is 0.255 e. The average molecular weight is 437 g/mol. The van der Waals surface area contributed by atoms with Crippen molar-refractivity contribution in [3.8, 4) is 11.4 Å². The van der Waals surface area contributed by atoms with Crippen LogP contribution in [-0.4, -0.2) is 28.8 Å². The summed E-state index contributed by atoms with van der Waals surface area (Å²) in [6, 6.07) is 16.8. The fourth-order valence-corrected chi connectivity index (χ4v) is 2.32. The second kappa shape index (κ2) is 18.1. The van der Waals surface area contributed by atoms with Crippen molar-refractivity contribution in [2.45, 2.75) is 41.0 Å². The molecule has 172 valence electrons. The molecule has 0 radical (unpaired) electrons. The minimum absolute atomic E-state index is 0.111. The van der Waals surface area contributed by atoms with Gasteiger partial charge in [0.25, 0.3) is 5.91 Å². The number of imidazole rings is 1. The number of carbonyl (C=O) groups is 2. The van der Waals surface area contributed by atoms with Gasteiger partial charge in [-0.05, 0) is 42.8 Å². The lowest BCUT2D eigenvalue weighted by Gasteiger charge is -2.06. The normalized spacial score (nSPS) is 8.78. The lowest BCUT2D eigenvalue weighted by molar-refractivity contribution is -0.109. The Morgan fingerprint density at radius 3 is 2.12 bits per heavy atom. The molecule has 6 heteroatoms. The van der Waals surface area contributed by atoms with Crippen LogP contribution in [0, 0.1) is 0 Å². The number of aromatic amines is 1. The van der Waals surface area contributed by atoms with Crippen LogP contribution in [0.1, 0.15) is 50.7 Å². The summed E-state index contributed by atoms with van der Waals surface area (Å²) in [6.45, 7) is 14.0. The summed E-state index contributed by atoms with van der Waals surface area (Å²) in [5.41, 5.74) is 3.51. The standard InChI is InChI=1S/C18H17N3O.C4H7NO.2C2H6/c1-2-15-12-19-17(20-15)13-8-10-16(11-9-13)21-18(22)14-6-4-3-5-7-14;1-2-3-5-4-6;2*1-2/h3-12H,2H2,1H3,(H,19,20)(H,21,22);2,4H,1,3H2,(H,5,6);2*1-2H3. The van der Waals surface area contributed by atoms with Gasteiger partial charge in [-0.25, -0.2) is 4.98 Å². The number of amides is 2. The van der Waals surface area contributed by atoms with Gasteiger partial charge in [-0.2, -0.15) is 0 Å². The minimum atomic E-state index is -0.111. The Kier molecular flexibility index (Phi) is 16.0. The molecule has 0 spiro atoms. The van der Waals surface area contributed by atoms with Crippen LogP contribution in [0.15, 0.2) is 73.4 Å². The van der Waals surface area contributed by atoms with E-state index in [0.717, 1.165) is 29.2 Å². The summed E-state index contributed by atoms with van der Waals surface area (Å²) in [6.07, 6.45) is 5.04. The molecular formula is C26H36N4O2. The number of nitrogens with one attached hydrogen (secondary N) is 3. The molecule has 32 heavy (non-hydrogen) atoms. The van der Waals surface area contributed by atoms with E-state index in [-0.39, 0.29) is 5.91 Å². The predicted octanol–water partition coefficient (Wildman–Crippen LogP) is 5.86. The smallest absolute Gasteiger partial charge is 0.255 e. The molecule has 0 aliphatic heterocycles. The second-order valence-corrected chi connectivity index (χ2v) is 5.82. The predicted molar refractivity (Wildman–Crippen MR) is 135 cm³/mol. The van der Waals surface area contributed by atoms with Gasteiger partial charge in [0.2, 0.25) is 6.41 Å². The summed E-state index contributed by atoms with van der Waals surface area (Å²) < 4.78 is 0. The third kappa shape index (κ3) is 10.4. The van der Waals surface area contributed by atoms with Crippen LogP contribution >= 0.6 is 0 Å². The van der Waals surface area contributed by atoms with E-state index < -0.39 is 0 Å². The summed E-state index contributed by atoms with van der Waals surface area (Å²) in [5.74, 6) is 0.734. The first-order valence-corrected chi connectivity index (χ1v) is 11.0. The Morgan fingerprint density at radius 2 is 1.66 bits per heavy atom. The zero-order valence-corrected chi connectivity index (χ0v) is 19.8. The van der Waals surface area contributed by atoms with Crippen LogP contribution in [0.3, 0.4) is 0 Å². The van der Waals surface area contributed by atoms with Gasteiger partial charge in [0.1, 0.15) is 5.82 Å². The maximum atomic E-state index is 12.1. The highest BCUT2D eigenvalue weighted by Crippen LogP contribution is 2.19. The Balaban J connectivity index is 0.000000824. The maximum absolute atomic E-state index is 12.1. The van der Waals surface area contributed by atoms with Crippen molar-refractivity contribution < 1.29 is 9.59 Å². The van der Waals surface area contributed by atoms with Crippen LogP contribution < -0.4 is 10.6 Å². The number of hydrogen-bond acceptors (Lipinski definition) is 3. The highest BCUT2D eigenvalue weighted by molar-refractivity contribution is 6.04. The Bertz CT molecular complexity index is 880. The monoisotopic (exact) mass is 436 g/mol. The molecule has 0 bridgehead atoms. The molecular weight excluding hydrogens is 400 g/mol. The van der Waals surface area contributed by atoms with E-state index in [2.05, 4.69) is 34.1 Å². The first kappa shape index (κ1) is 28.3. The van der Waals surface area contributed by atoms with E-state index >= 15 is 0 Å². The van der Waals surface area contributed by atoms with Crippen molar-refractivity contribution in [1.82, 2.24) is 15.3 Å². The molecule has 1 aromatic heterocycles. The number of nitrogens with zero attached hydrogens (tertiary/aromatic N) is 1. The van der Waals surface area contributed by atoms with Gasteiger partial charge in [0.05, 0.1) is 0 Å². The summed E-state index contributed by atoms with van der Waals surface area (Å²) in [4.78, 5) is 29.1. The molecule has 0 atom stereocenters. The van der Waals surface area contributed by atoms with Crippen molar-refractivity contribution in [3.63, 3.8) is 0 Å². The number of aryl methyl sites for hydroxylation is 1. The number of rotatable bonds is 7. The zero-order valence-electron chi connectivity index (χ0n) is 19.8. The molecule has 0 saturated carbocycles. The molecule has 0 unspecified atom stereocenters. The molecule has 1 heterocycles. The molecule has 3 aromatic rings. The van der Waals surface area contributed by atoms with Gasteiger partial charge in [0, 0.05) is 35.2 Å². The number of H-pyrrole nitrogens is 1. The van der Waals surface area contributed by atoms with Crippen LogP contribution in [0.4, 0.5) is 5.69 Å². The first-order valence-electron chi connectivity index (χ1n) is 11.0. The quantitative estimate of drug-likeness (QED) is 0.246. The molecule has 6 nitrogen and oxygen atoms in total. The molecule has 0 fully saturated rings. The Hall–Kier alpha value is -3.67. The average Bonchev–Trinajstić information content (AvgIpc) is 3.36. The van der Waals surface area contributed by atoms with Crippen molar-refractivity contribution >= 4 is 18.0 Å². The topological polar surface area (TPSA) is 86.9 Å². The summed E-state index contributed by atoms with van der Waals surface area (Å²) in [7, 11) is 0. The molecule has 0 aliphatic carbocycles. The van der Waals surface area contributed by atoms with E-state index in [1.807, 2.05) is 76.4 Å². The SMILES string of the molecule is C=CCNC=O.CC.CC.CCc1cnc(-c2ccc(NC(=O)c3ccccc3)cc2)[nH]1. The van der Waals surface area contributed by atoms with Crippen molar-refractivity contribution in [3.05, 3.63) is 84.7 Å². The third-order valence-corrected chi connectivity index (χ3v) is 3.81. The summed E-state index contributed by atoms with van der Waals surface area (Å²) in [5, 5.41) is 5.28. The highest BCUT2D eigenvalue weighted by atomic mass is 16.1. The lowest BCUT2D eigenvalue weighted by Crippen LogP contribution is -2.11. The molecule has 2 aromatic carbocycles. The van der Waals surface area contributed by atoms with Crippen molar-refractivity contribution in [1.29, 1.82) is 0 Å². The number of aromatic nitrogens is 2. The van der Waals surface area contributed by atoms with E-state index in [1.165, 1.54) is 0 Å². The van der Waals surface area contributed by atoms with Gasteiger partial charge in [-0.15, -0.1) is 6.58 Å². The number of hydrogen-bond donors (Lipinski definition) is 3. The molecule has 3 rings (SSSR count). The fourth-order valence-electron chi connectivity index (χ4n) is 2.32. The Labute approximate surface area is 192 Å². The zero-order chi connectivity index (χ0) is 24.2. The Morgan fingerprint density at radius 1 is 1.03 bits per heavy atom. The molecule has 2 amide bonds. The number of anilines is 1. The van der Waals surface area contributed by atoms with Crippen molar-refractivity contribution in [2.75, 3.05) is 11.9 Å². The number of carbonyl (C=O) groups excluding carboxylic acids is 2. The molecule has 0 saturated heterocycles. The van der Waals surface area contributed by atoms with Gasteiger partial charge in [-0.1, -0.05) is 58.9 Å². The summed E-state index contributed by atoms with van der Waals surface area (Å²) >= 11 is 0. The second-order valence-electron chi connectivity index (χ2n) is 5.82. The lowest BCUT2D eigenvalue weighted by atomic mass is 10.1. The third-order valence-electron chi connectivity index (χ3n) is 3.81. The van der Waals surface area contributed by atoms with E-state index in [0.29, 0.717) is 18.5 Å². The van der Waals surface area contributed by atoms with Gasteiger partial charge in [-0.3, -0.25) is 9.59 Å². The van der Waals surface area contributed by atoms with E-state index in [4.69, 9.17) is 0 Å². The molecule has 0 aliphatic rings. The van der Waals surface area contributed by atoms with E-state index in [1.54, 1.807) is 18.2 Å². The number of benzene rings is 2. The first-order chi connectivity index (χ1) is 15.7. The van der Waals surface area contributed by atoms with E-state index in [9.17, 15) is 9.59 Å². The molecule has 3 N–H and O–H groups in total. The van der Waals surface area contributed by atoms with Gasteiger partial charge in [0.15, 0.2) is 0 Å².